The molecule has 0 saturated heterocycles. The Hall–Kier alpha value is -1.45. The van der Waals surface area contributed by atoms with Gasteiger partial charge in [0.15, 0.2) is 5.65 Å². The number of H-pyrrole nitrogens is 1. The van der Waals surface area contributed by atoms with E-state index in [1.165, 1.54) is 6.20 Å². The molecule has 2 heterocycles. The predicted octanol–water partition coefficient (Wildman–Crippen LogP) is 2.43. The molecular formula is C9H12FN3. The van der Waals surface area contributed by atoms with Crippen molar-refractivity contribution in [2.45, 2.75) is 20.8 Å². The Morgan fingerprint density at radius 3 is 2.69 bits per heavy atom. The van der Waals surface area contributed by atoms with Gasteiger partial charge in [0.25, 0.3) is 0 Å². The van der Waals surface area contributed by atoms with Gasteiger partial charge in [-0.2, -0.15) is 5.10 Å². The van der Waals surface area contributed by atoms with Gasteiger partial charge in [-0.3, -0.25) is 5.10 Å². The van der Waals surface area contributed by atoms with E-state index in [2.05, 4.69) is 15.2 Å². The molecule has 13 heavy (non-hydrogen) atoms. The first-order valence-corrected chi connectivity index (χ1v) is 4.23. The number of halogens is 1. The summed E-state index contributed by atoms with van der Waals surface area (Å²) in [5.41, 5.74) is 1.22. The van der Waals surface area contributed by atoms with Crippen molar-refractivity contribution in [2.75, 3.05) is 0 Å². The van der Waals surface area contributed by atoms with E-state index in [4.69, 9.17) is 0 Å². The van der Waals surface area contributed by atoms with Gasteiger partial charge < -0.3 is 0 Å². The number of pyridine rings is 1. The van der Waals surface area contributed by atoms with Crippen LogP contribution in [0.15, 0.2) is 12.4 Å². The van der Waals surface area contributed by atoms with Crippen molar-refractivity contribution in [2.24, 2.45) is 0 Å². The van der Waals surface area contributed by atoms with Gasteiger partial charge in [-0.25, -0.2) is 9.37 Å². The van der Waals surface area contributed by atoms with Crippen LogP contribution >= 0.6 is 0 Å². The molecule has 4 heteroatoms. The number of aromatic nitrogens is 3. The summed E-state index contributed by atoms with van der Waals surface area (Å²) in [6, 6.07) is 0. The van der Waals surface area contributed by atoms with Crippen molar-refractivity contribution in [1.29, 1.82) is 0 Å². The summed E-state index contributed by atoms with van der Waals surface area (Å²) >= 11 is 0. The molecule has 2 rings (SSSR count). The number of aryl methyl sites for hydroxylation is 1. The van der Waals surface area contributed by atoms with Crippen molar-refractivity contribution < 1.29 is 4.39 Å². The lowest BCUT2D eigenvalue weighted by Gasteiger charge is -1.94. The summed E-state index contributed by atoms with van der Waals surface area (Å²) in [6.45, 7) is 5.70. The second-order valence-corrected chi connectivity index (χ2v) is 2.36. The highest BCUT2D eigenvalue weighted by Gasteiger charge is 2.04. The lowest BCUT2D eigenvalue weighted by atomic mass is 10.2. The minimum Gasteiger partial charge on any atom is -0.261 e. The first-order valence-electron chi connectivity index (χ1n) is 4.23. The van der Waals surface area contributed by atoms with E-state index in [-0.39, 0.29) is 5.82 Å². The minimum absolute atomic E-state index is 0.293. The average Bonchev–Trinajstić information content (AvgIpc) is 2.63. The van der Waals surface area contributed by atoms with E-state index in [0.717, 1.165) is 5.39 Å². The molecule has 0 aliphatic rings. The normalized spacial score (nSPS) is 9.54. The number of hydrogen-bond donors (Lipinski definition) is 1. The second-order valence-electron chi connectivity index (χ2n) is 2.36. The highest BCUT2D eigenvalue weighted by atomic mass is 19.1. The molecule has 0 amide bonds. The van der Waals surface area contributed by atoms with Crippen LogP contribution in [-0.4, -0.2) is 15.2 Å². The number of nitrogens with zero attached hydrogens (tertiary/aromatic N) is 2. The van der Waals surface area contributed by atoms with E-state index in [0.29, 0.717) is 11.2 Å². The maximum Gasteiger partial charge on any atom is 0.155 e. The van der Waals surface area contributed by atoms with E-state index in [1.807, 2.05) is 13.8 Å². The fourth-order valence-electron chi connectivity index (χ4n) is 0.999. The van der Waals surface area contributed by atoms with Gasteiger partial charge in [-0.15, -0.1) is 0 Å². The Morgan fingerprint density at radius 2 is 2.00 bits per heavy atom. The Bertz CT molecular complexity index is 395. The van der Waals surface area contributed by atoms with Crippen LogP contribution in [0.25, 0.3) is 11.0 Å². The highest BCUT2D eigenvalue weighted by Crippen LogP contribution is 2.15. The van der Waals surface area contributed by atoms with Gasteiger partial charge in [0, 0.05) is 5.39 Å². The zero-order valence-corrected chi connectivity index (χ0v) is 7.93. The predicted molar refractivity (Wildman–Crippen MR) is 49.9 cm³/mol. The third kappa shape index (κ3) is 1.66. The van der Waals surface area contributed by atoms with Crippen LogP contribution in [0.2, 0.25) is 0 Å². The van der Waals surface area contributed by atoms with Gasteiger partial charge in [-0.05, 0) is 12.5 Å². The summed E-state index contributed by atoms with van der Waals surface area (Å²) in [6.07, 6.45) is 2.76. The average molecular weight is 181 g/mol. The summed E-state index contributed by atoms with van der Waals surface area (Å²) in [7, 11) is 0. The minimum atomic E-state index is -0.293. The van der Waals surface area contributed by atoms with Crippen LogP contribution in [0.5, 0.6) is 0 Å². The highest BCUT2D eigenvalue weighted by molar-refractivity contribution is 5.77. The first kappa shape index (κ1) is 9.64. The number of hydrogen-bond acceptors (Lipinski definition) is 2. The summed E-state index contributed by atoms with van der Waals surface area (Å²) in [5, 5.41) is 7.15. The Balaban J connectivity index is 0.000000396. The van der Waals surface area contributed by atoms with Gasteiger partial charge in [0.05, 0.1) is 12.4 Å². The summed E-state index contributed by atoms with van der Waals surface area (Å²) in [5.74, 6) is -0.293. The van der Waals surface area contributed by atoms with Crippen LogP contribution in [-0.2, 0) is 0 Å². The molecule has 0 bridgehead atoms. The van der Waals surface area contributed by atoms with Gasteiger partial charge in [0.2, 0.25) is 0 Å². The largest absolute Gasteiger partial charge is 0.261 e. The maximum atomic E-state index is 12.8. The molecule has 0 saturated carbocycles. The number of fused-ring (bicyclic) bond motifs is 1. The fourth-order valence-corrected chi connectivity index (χ4v) is 0.999. The van der Waals surface area contributed by atoms with Crippen LogP contribution in [0.1, 0.15) is 19.4 Å². The molecule has 0 aromatic carbocycles. The molecule has 0 unspecified atom stereocenters. The number of rotatable bonds is 0. The molecule has 0 spiro atoms. The molecule has 1 N–H and O–H groups in total. The van der Waals surface area contributed by atoms with Gasteiger partial charge >= 0.3 is 0 Å². The molecule has 2 aromatic heterocycles. The topological polar surface area (TPSA) is 41.6 Å². The molecule has 2 aromatic rings. The molecule has 70 valence electrons. The Kier molecular flexibility index (Phi) is 2.95. The van der Waals surface area contributed by atoms with Crippen LogP contribution < -0.4 is 0 Å². The standard InChI is InChI=1S/C7H6FN3.C2H6/c1-4-5-2-10-11-7(5)9-3-6(4)8;1-2/h2-3H,1H3,(H,9,10,11);1-2H3. The second kappa shape index (κ2) is 3.98. The SMILES string of the molecule is CC.Cc1c(F)cnc2[nH]ncc12. The molecule has 0 aliphatic heterocycles. The maximum absolute atomic E-state index is 12.8. The molecule has 0 fully saturated rings. The summed E-state index contributed by atoms with van der Waals surface area (Å²) in [4.78, 5) is 3.81. The van der Waals surface area contributed by atoms with Crippen molar-refractivity contribution in [3.8, 4) is 0 Å². The number of aromatic amines is 1. The van der Waals surface area contributed by atoms with E-state index >= 15 is 0 Å². The zero-order valence-electron chi connectivity index (χ0n) is 7.93. The number of nitrogens with one attached hydrogen (secondary N) is 1. The van der Waals surface area contributed by atoms with Crippen molar-refractivity contribution in [3.63, 3.8) is 0 Å². The van der Waals surface area contributed by atoms with E-state index in [1.54, 1.807) is 13.1 Å². The van der Waals surface area contributed by atoms with Crippen LogP contribution in [0.3, 0.4) is 0 Å². The Labute approximate surface area is 76.0 Å². The monoisotopic (exact) mass is 181 g/mol. The van der Waals surface area contributed by atoms with E-state index in [9.17, 15) is 4.39 Å². The smallest absolute Gasteiger partial charge is 0.155 e. The lowest BCUT2D eigenvalue weighted by molar-refractivity contribution is 0.615. The van der Waals surface area contributed by atoms with Gasteiger partial charge in [-0.1, -0.05) is 13.8 Å². The zero-order chi connectivity index (χ0) is 9.84. The summed E-state index contributed by atoms with van der Waals surface area (Å²) < 4.78 is 12.8. The molecule has 3 nitrogen and oxygen atoms in total. The fraction of sp³-hybridized carbons (Fsp3) is 0.333. The quantitative estimate of drug-likeness (QED) is 0.678. The molecule has 0 aliphatic carbocycles. The Morgan fingerprint density at radius 1 is 1.31 bits per heavy atom. The van der Waals surface area contributed by atoms with Gasteiger partial charge in [0.1, 0.15) is 5.82 Å². The first-order chi connectivity index (χ1) is 6.29. The van der Waals surface area contributed by atoms with E-state index < -0.39 is 0 Å². The lowest BCUT2D eigenvalue weighted by Crippen LogP contribution is -1.85. The van der Waals surface area contributed by atoms with Crippen LogP contribution in [0, 0.1) is 12.7 Å². The van der Waals surface area contributed by atoms with Crippen molar-refractivity contribution in [3.05, 3.63) is 23.8 Å². The molecular weight excluding hydrogens is 169 g/mol. The third-order valence-corrected chi connectivity index (χ3v) is 1.69. The molecule has 0 atom stereocenters. The molecule has 0 radical (unpaired) electrons. The van der Waals surface area contributed by atoms with Crippen molar-refractivity contribution >= 4 is 11.0 Å². The van der Waals surface area contributed by atoms with Crippen LogP contribution in [0.4, 0.5) is 4.39 Å². The third-order valence-electron chi connectivity index (χ3n) is 1.69. The van der Waals surface area contributed by atoms with Crippen molar-refractivity contribution in [1.82, 2.24) is 15.2 Å².